The molecule has 0 amide bonds. The average Bonchev–Trinajstić information content (AvgIpc) is 2.39. The van der Waals surface area contributed by atoms with E-state index in [-0.39, 0.29) is 5.69 Å². The Balaban J connectivity index is 3.27. The van der Waals surface area contributed by atoms with Gasteiger partial charge in [-0.1, -0.05) is 11.6 Å². The van der Waals surface area contributed by atoms with E-state index in [1.54, 1.807) is 0 Å². The topological polar surface area (TPSA) is 62.1 Å². The maximum absolute atomic E-state index is 12.9. The van der Waals surface area contributed by atoms with Crippen LogP contribution in [0.15, 0.2) is 35.5 Å². The summed E-state index contributed by atoms with van der Waals surface area (Å²) in [4.78, 5) is 11.2. The summed E-state index contributed by atoms with van der Waals surface area (Å²) < 4.78 is 42.9. The minimum Gasteiger partial charge on any atom is -0.465 e. The molecular weight excluding hydrogens is 297 g/mol. The first-order valence-electron chi connectivity index (χ1n) is 5.12. The molecule has 0 aliphatic heterocycles. The Kier molecular flexibility index (Phi) is 5.00. The smallest absolute Gasteiger partial charge is 0.432 e. The Morgan fingerprint density at radius 1 is 1.35 bits per heavy atom. The van der Waals surface area contributed by atoms with Gasteiger partial charge in [0.15, 0.2) is 5.57 Å². The lowest BCUT2D eigenvalue weighted by molar-refractivity contribution is -0.136. The summed E-state index contributed by atoms with van der Waals surface area (Å²) in [5, 5.41) is 11.0. The molecule has 0 unspecified atom stereocenters. The third-order valence-corrected chi connectivity index (χ3v) is 2.40. The third kappa shape index (κ3) is 3.90. The lowest BCUT2D eigenvalue weighted by Crippen LogP contribution is -2.24. The second-order valence-corrected chi connectivity index (χ2v) is 3.92. The van der Waals surface area contributed by atoms with Crippen molar-refractivity contribution in [3.63, 3.8) is 0 Å². The first-order chi connectivity index (χ1) is 9.29. The Labute approximate surface area is 117 Å². The molecule has 0 saturated carbocycles. The summed E-state index contributed by atoms with van der Waals surface area (Å²) in [6, 6.07) is 6.47. The van der Waals surface area contributed by atoms with Gasteiger partial charge in [0.1, 0.15) is 11.8 Å². The predicted molar refractivity (Wildman–Crippen MR) is 65.8 cm³/mol. The summed E-state index contributed by atoms with van der Waals surface area (Å²) in [5.41, 5.74) is -2.62. The van der Waals surface area contributed by atoms with Crippen LogP contribution in [-0.4, -0.2) is 19.3 Å². The third-order valence-electron chi connectivity index (χ3n) is 2.15. The summed E-state index contributed by atoms with van der Waals surface area (Å²) in [6.07, 6.45) is -4.92. The van der Waals surface area contributed by atoms with Crippen LogP contribution in [-0.2, 0) is 9.53 Å². The van der Waals surface area contributed by atoms with E-state index in [1.165, 1.54) is 30.3 Å². The number of halogens is 4. The zero-order chi connectivity index (χ0) is 15.3. The second-order valence-electron chi connectivity index (χ2n) is 3.48. The van der Waals surface area contributed by atoms with E-state index in [0.29, 0.717) is 5.02 Å². The van der Waals surface area contributed by atoms with Gasteiger partial charge < -0.3 is 10.1 Å². The van der Waals surface area contributed by atoms with Gasteiger partial charge in [-0.2, -0.15) is 18.4 Å². The van der Waals surface area contributed by atoms with Crippen molar-refractivity contribution in [1.29, 1.82) is 5.26 Å². The van der Waals surface area contributed by atoms with Crippen LogP contribution in [0.5, 0.6) is 0 Å². The minimum absolute atomic E-state index is 0.0263. The number of nitrogens with one attached hydrogen (secondary N) is 1. The van der Waals surface area contributed by atoms with Crippen molar-refractivity contribution in [2.45, 2.75) is 6.18 Å². The largest absolute Gasteiger partial charge is 0.465 e. The number of alkyl halides is 3. The van der Waals surface area contributed by atoms with Crippen molar-refractivity contribution in [2.24, 2.45) is 0 Å². The highest BCUT2D eigenvalue weighted by Crippen LogP contribution is 2.30. The molecule has 0 aromatic heterocycles. The van der Waals surface area contributed by atoms with Crippen LogP contribution in [0, 0.1) is 11.3 Å². The van der Waals surface area contributed by atoms with Crippen molar-refractivity contribution in [3.05, 3.63) is 40.6 Å². The summed E-state index contributed by atoms with van der Waals surface area (Å²) in [5.74, 6) is -1.37. The molecule has 8 heteroatoms. The van der Waals surface area contributed by atoms with E-state index in [2.05, 4.69) is 4.74 Å². The number of ether oxygens (including phenoxy) is 1. The fourth-order valence-electron chi connectivity index (χ4n) is 1.26. The van der Waals surface area contributed by atoms with E-state index in [1.807, 2.05) is 5.32 Å². The van der Waals surface area contributed by atoms with Crippen molar-refractivity contribution in [2.75, 3.05) is 12.4 Å². The van der Waals surface area contributed by atoms with Gasteiger partial charge in [0.05, 0.1) is 7.11 Å². The molecule has 0 heterocycles. The first kappa shape index (κ1) is 15.9. The van der Waals surface area contributed by atoms with Gasteiger partial charge in [-0.15, -0.1) is 0 Å². The van der Waals surface area contributed by atoms with Crippen molar-refractivity contribution in [3.8, 4) is 6.07 Å². The highest BCUT2D eigenvalue weighted by Gasteiger charge is 2.39. The standard InChI is InChI=1S/C12H8ClF3N2O2/c1-20-11(19)9(6-17)10(12(14,15)16)18-8-4-2-7(13)3-5-8/h2-5,18H,1H3/b10-9+. The fourth-order valence-corrected chi connectivity index (χ4v) is 1.38. The minimum atomic E-state index is -4.92. The van der Waals surface area contributed by atoms with E-state index < -0.39 is 23.4 Å². The Hall–Kier alpha value is -2.20. The summed E-state index contributed by atoms with van der Waals surface area (Å²) >= 11 is 5.61. The number of carbonyl (C=O) groups is 1. The predicted octanol–water partition coefficient (Wildman–Crippen LogP) is 3.26. The summed E-state index contributed by atoms with van der Waals surface area (Å²) in [7, 11) is 0.885. The molecule has 0 aliphatic rings. The molecule has 0 saturated heterocycles. The van der Waals surface area contributed by atoms with E-state index in [0.717, 1.165) is 7.11 Å². The SMILES string of the molecule is COC(=O)/C(C#N)=C(/Nc1ccc(Cl)cc1)C(F)(F)F. The molecule has 4 nitrogen and oxygen atoms in total. The van der Waals surface area contributed by atoms with Crippen molar-refractivity contribution in [1.82, 2.24) is 0 Å². The number of rotatable bonds is 3. The van der Waals surface area contributed by atoms with Gasteiger partial charge >= 0.3 is 12.1 Å². The van der Waals surface area contributed by atoms with E-state index >= 15 is 0 Å². The number of anilines is 1. The molecular formula is C12H8ClF3N2O2. The molecule has 0 radical (unpaired) electrons. The highest BCUT2D eigenvalue weighted by atomic mass is 35.5. The second kappa shape index (κ2) is 6.30. The van der Waals surface area contributed by atoms with Crippen LogP contribution in [0.2, 0.25) is 5.02 Å². The highest BCUT2D eigenvalue weighted by molar-refractivity contribution is 6.30. The van der Waals surface area contributed by atoms with Crippen LogP contribution in [0.4, 0.5) is 18.9 Å². The first-order valence-corrected chi connectivity index (χ1v) is 5.50. The van der Waals surface area contributed by atoms with Crippen LogP contribution in [0.3, 0.4) is 0 Å². The van der Waals surface area contributed by atoms with Crippen LogP contribution >= 0.6 is 11.6 Å². The molecule has 20 heavy (non-hydrogen) atoms. The lowest BCUT2D eigenvalue weighted by atomic mass is 10.2. The maximum Gasteiger partial charge on any atom is 0.432 e. The molecule has 0 bridgehead atoms. The Morgan fingerprint density at radius 2 is 1.90 bits per heavy atom. The fraction of sp³-hybridized carbons (Fsp3) is 0.167. The number of esters is 1. The monoisotopic (exact) mass is 304 g/mol. The molecule has 1 aromatic rings. The molecule has 1 aromatic carbocycles. The number of hydrogen-bond donors (Lipinski definition) is 1. The quantitative estimate of drug-likeness (QED) is 0.529. The zero-order valence-electron chi connectivity index (χ0n) is 10.1. The van der Waals surface area contributed by atoms with Gasteiger partial charge in [0, 0.05) is 10.7 Å². The van der Waals surface area contributed by atoms with Gasteiger partial charge in [-0.3, -0.25) is 0 Å². The average molecular weight is 305 g/mol. The number of carbonyl (C=O) groups excluding carboxylic acids is 1. The number of nitriles is 1. The molecule has 0 spiro atoms. The van der Waals surface area contributed by atoms with Gasteiger partial charge in [0.2, 0.25) is 0 Å². The maximum atomic E-state index is 12.9. The molecule has 0 fully saturated rings. The number of nitrogens with zero attached hydrogens (tertiary/aromatic N) is 1. The van der Waals surface area contributed by atoms with Gasteiger partial charge in [-0.05, 0) is 24.3 Å². The number of allylic oxidation sites excluding steroid dienone is 1. The van der Waals surface area contributed by atoms with Crippen molar-refractivity contribution < 1.29 is 22.7 Å². The number of hydrogen-bond acceptors (Lipinski definition) is 4. The van der Waals surface area contributed by atoms with Crippen LogP contribution < -0.4 is 5.32 Å². The zero-order valence-corrected chi connectivity index (χ0v) is 10.8. The normalized spacial score (nSPS) is 12.2. The molecule has 1 N–H and O–H groups in total. The van der Waals surface area contributed by atoms with Gasteiger partial charge in [-0.25, -0.2) is 4.79 Å². The molecule has 0 aliphatic carbocycles. The van der Waals surface area contributed by atoms with Crippen molar-refractivity contribution >= 4 is 23.3 Å². The Morgan fingerprint density at radius 3 is 2.30 bits per heavy atom. The number of benzene rings is 1. The van der Waals surface area contributed by atoms with Crippen LogP contribution in [0.1, 0.15) is 0 Å². The summed E-state index contributed by atoms with van der Waals surface area (Å²) in [6.45, 7) is 0. The van der Waals surface area contributed by atoms with Crippen LogP contribution in [0.25, 0.3) is 0 Å². The molecule has 106 valence electrons. The molecule has 1 rings (SSSR count). The Bertz CT molecular complexity index is 574. The lowest BCUT2D eigenvalue weighted by Gasteiger charge is -2.15. The van der Waals surface area contributed by atoms with Gasteiger partial charge in [0.25, 0.3) is 0 Å². The molecule has 0 atom stereocenters. The van der Waals surface area contributed by atoms with E-state index in [4.69, 9.17) is 16.9 Å². The van der Waals surface area contributed by atoms with E-state index in [9.17, 15) is 18.0 Å². The number of methoxy groups -OCH3 is 1.